The Morgan fingerprint density at radius 2 is 2.00 bits per heavy atom. The zero-order chi connectivity index (χ0) is 19.6. The Morgan fingerprint density at radius 3 is 2.59 bits per heavy atom. The SMILES string of the molecule is CCOc1ccc(CN(C)C(=O)[C@H]2CC(=O)N([C@H]3CCS(=O)(=O)C3)C2)cc1. The third-order valence-electron chi connectivity index (χ3n) is 5.19. The number of carbonyl (C=O) groups excluding carboxylic acids is 2. The Morgan fingerprint density at radius 1 is 1.30 bits per heavy atom. The number of rotatable bonds is 6. The molecule has 0 saturated carbocycles. The number of hydrogen-bond acceptors (Lipinski definition) is 5. The fourth-order valence-electron chi connectivity index (χ4n) is 3.79. The molecule has 0 radical (unpaired) electrons. The summed E-state index contributed by atoms with van der Waals surface area (Å²) in [6.07, 6.45) is 0.625. The van der Waals surface area contributed by atoms with E-state index in [2.05, 4.69) is 0 Å². The number of hydrogen-bond donors (Lipinski definition) is 0. The lowest BCUT2D eigenvalue weighted by Gasteiger charge is -2.24. The first kappa shape index (κ1) is 19.7. The molecule has 0 bridgehead atoms. The Labute approximate surface area is 160 Å². The number of sulfone groups is 1. The molecule has 0 aromatic heterocycles. The molecule has 148 valence electrons. The molecule has 1 aromatic carbocycles. The van der Waals surface area contributed by atoms with Crippen molar-refractivity contribution < 1.29 is 22.7 Å². The Hall–Kier alpha value is -2.09. The third kappa shape index (κ3) is 4.61. The van der Waals surface area contributed by atoms with Crippen molar-refractivity contribution in [2.75, 3.05) is 31.7 Å². The van der Waals surface area contributed by atoms with Crippen LogP contribution in [0, 0.1) is 5.92 Å². The number of amides is 2. The smallest absolute Gasteiger partial charge is 0.228 e. The molecule has 2 aliphatic rings. The second kappa shape index (κ2) is 7.88. The summed E-state index contributed by atoms with van der Waals surface area (Å²) in [5.74, 6) is 0.317. The fourth-order valence-corrected chi connectivity index (χ4v) is 5.52. The second-order valence-corrected chi connectivity index (χ2v) is 9.50. The van der Waals surface area contributed by atoms with E-state index in [-0.39, 0.29) is 35.8 Å². The lowest BCUT2D eigenvalue weighted by Crippen LogP contribution is -2.39. The van der Waals surface area contributed by atoms with Crippen molar-refractivity contribution in [2.24, 2.45) is 5.92 Å². The maximum Gasteiger partial charge on any atom is 0.228 e. The van der Waals surface area contributed by atoms with Crippen LogP contribution in [0.3, 0.4) is 0 Å². The van der Waals surface area contributed by atoms with Gasteiger partial charge < -0.3 is 14.5 Å². The van der Waals surface area contributed by atoms with E-state index in [1.54, 1.807) is 16.8 Å². The molecule has 2 aliphatic heterocycles. The number of carbonyl (C=O) groups is 2. The van der Waals surface area contributed by atoms with E-state index in [0.717, 1.165) is 11.3 Å². The molecule has 3 rings (SSSR count). The van der Waals surface area contributed by atoms with E-state index in [1.165, 1.54) is 0 Å². The quantitative estimate of drug-likeness (QED) is 0.721. The molecule has 27 heavy (non-hydrogen) atoms. The van der Waals surface area contributed by atoms with Gasteiger partial charge in [-0.1, -0.05) is 12.1 Å². The molecule has 2 heterocycles. The second-order valence-electron chi connectivity index (χ2n) is 7.28. The van der Waals surface area contributed by atoms with Crippen LogP contribution in [-0.2, 0) is 26.0 Å². The van der Waals surface area contributed by atoms with Crippen LogP contribution < -0.4 is 4.74 Å². The van der Waals surface area contributed by atoms with Crippen LogP contribution in [0.5, 0.6) is 5.75 Å². The first-order valence-electron chi connectivity index (χ1n) is 9.25. The maximum atomic E-state index is 12.8. The van der Waals surface area contributed by atoms with E-state index in [9.17, 15) is 18.0 Å². The Balaban J connectivity index is 1.58. The zero-order valence-corrected chi connectivity index (χ0v) is 16.6. The fraction of sp³-hybridized carbons (Fsp3) is 0.579. The Bertz CT molecular complexity index is 806. The van der Waals surface area contributed by atoms with Gasteiger partial charge in [-0.05, 0) is 31.0 Å². The first-order chi connectivity index (χ1) is 12.8. The van der Waals surface area contributed by atoms with Crippen molar-refractivity contribution in [3.05, 3.63) is 29.8 Å². The molecule has 2 amide bonds. The topological polar surface area (TPSA) is 84.0 Å². The van der Waals surface area contributed by atoms with Crippen molar-refractivity contribution in [2.45, 2.75) is 32.4 Å². The summed E-state index contributed by atoms with van der Waals surface area (Å²) in [4.78, 5) is 28.3. The zero-order valence-electron chi connectivity index (χ0n) is 15.8. The van der Waals surface area contributed by atoms with E-state index in [0.29, 0.717) is 26.1 Å². The average Bonchev–Trinajstić information content (AvgIpc) is 3.18. The molecule has 0 aliphatic carbocycles. The summed E-state index contributed by atoms with van der Waals surface area (Å²) in [5, 5.41) is 0. The molecule has 0 spiro atoms. The molecule has 1 aromatic rings. The van der Waals surface area contributed by atoms with Gasteiger partial charge in [-0.3, -0.25) is 9.59 Å². The van der Waals surface area contributed by atoms with E-state index in [1.807, 2.05) is 31.2 Å². The first-order valence-corrected chi connectivity index (χ1v) is 11.1. The van der Waals surface area contributed by atoms with E-state index in [4.69, 9.17) is 4.74 Å². The monoisotopic (exact) mass is 394 g/mol. The van der Waals surface area contributed by atoms with Gasteiger partial charge in [0.25, 0.3) is 0 Å². The normalized spacial score (nSPS) is 24.2. The van der Waals surface area contributed by atoms with Crippen LogP contribution in [0.1, 0.15) is 25.3 Å². The summed E-state index contributed by atoms with van der Waals surface area (Å²) in [5.41, 5.74) is 0.984. The molecule has 2 fully saturated rings. The maximum absolute atomic E-state index is 12.8. The van der Waals surface area contributed by atoms with Crippen molar-refractivity contribution in [3.8, 4) is 5.75 Å². The molecule has 7 nitrogen and oxygen atoms in total. The van der Waals surface area contributed by atoms with Crippen molar-refractivity contribution in [1.82, 2.24) is 9.80 Å². The van der Waals surface area contributed by atoms with Gasteiger partial charge in [0.05, 0.1) is 24.0 Å². The molecule has 8 heteroatoms. The van der Waals surface area contributed by atoms with Gasteiger partial charge in [0.2, 0.25) is 11.8 Å². The highest BCUT2D eigenvalue weighted by atomic mass is 32.2. The minimum atomic E-state index is -3.06. The van der Waals surface area contributed by atoms with Crippen molar-refractivity contribution in [1.29, 1.82) is 0 Å². The van der Waals surface area contributed by atoms with Gasteiger partial charge in [-0.15, -0.1) is 0 Å². The minimum absolute atomic E-state index is 0.0155. The molecular weight excluding hydrogens is 368 g/mol. The summed E-state index contributed by atoms with van der Waals surface area (Å²) >= 11 is 0. The number of benzene rings is 1. The van der Waals surface area contributed by atoms with Gasteiger partial charge in [-0.2, -0.15) is 0 Å². The van der Waals surface area contributed by atoms with Gasteiger partial charge in [-0.25, -0.2) is 8.42 Å². The summed E-state index contributed by atoms with van der Waals surface area (Å²) in [7, 11) is -1.33. The Kier molecular flexibility index (Phi) is 5.74. The lowest BCUT2D eigenvalue weighted by molar-refractivity contribution is -0.135. The summed E-state index contributed by atoms with van der Waals surface area (Å²) in [6.45, 7) is 3.29. The van der Waals surface area contributed by atoms with Crippen LogP contribution >= 0.6 is 0 Å². The van der Waals surface area contributed by atoms with Crippen LogP contribution in [0.2, 0.25) is 0 Å². The summed E-state index contributed by atoms with van der Waals surface area (Å²) in [6, 6.07) is 7.31. The number of likely N-dealkylation sites (tertiary alicyclic amines) is 1. The summed E-state index contributed by atoms with van der Waals surface area (Å²) < 4.78 is 28.8. The van der Waals surface area contributed by atoms with Crippen LogP contribution in [-0.4, -0.2) is 67.8 Å². The number of nitrogens with zero attached hydrogens (tertiary/aromatic N) is 2. The highest BCUT2D eigenvalue weighted by Crippen LogP contribution is 2.27. The molecule has 2 atom stereocenters. The minimum Gasteiger partial charge on any atom is -0.494 e. The third-order valence-corrected chi connectivity index (χ3v) is 6.94. The van der Waals surface area contributed by atoms with Crippen LogP contribution in [0.25, 0.3) is 0 Å². The van der Waals surface area contributed by atoms with Gasteiger partial charge in [0.15, 0.2) is 9.84 Å². The average molecular weight is 394 g/mol. The van der Waals surface area contributed by atoms with Crippen molar-refractivity contribution in [3.63, 3.8) is 0 Å². The van der Waals surface area contributed by atoms with Crippen LogP contribution in [0.4, 0.5) is 0 Å². The highest BCUT2D eigenvalue weighted by Gasteiger charge is 2.42. The van der Waals surface area contributed by atoms with Crippen molar-refractivity contribution >= 4 is 21.7 Å². The van der Waals surface area contributed by atoms with Gasteiger partial charge >= 0.3 is 0 Å². The lowest BCUT2D eigenvalue weighted by atomic mass is 10.1. The van der Waals surface area contributed by atoms with E-state index < -0.39 is 15.8 Å². The molecule has 0 N–H and O–H groups in total. The molecular formula is C19H26N2O5S. The number of ether oxygens (including phenoxy) is 1. The highest BCUT2D eigenvalue weighted by molar-refractivity contribution is 7.91. The predicted octanol–water partition coefficient (Wildman–Crippen LogP) is 1.08. The molecule has 0 unspecified atom stereocenters. The predicted molar refractivity (Wildman–Crippen MR) is 101 cm³/mol. The standard InChI is InChI=1S/C19H26N2O5S/c1-3-26-17-6-4-14(5-7-17)11-20(2)19(23)15-10-18(22)21(12-15)16-8-9-27(24,25)13-16/h4-7,15-16H,3,8-13H2,1-2H3/t15-,16-/m0/s1. The van der Waals surface area contributed by atoms with E-state index >= 15 is 0 Å². The van der Waals surface area contributed by atoms with Gasteiger partial charge in [0, 0.05) is 32.6 Å². The molecule has 2 saturated heterocycles. The van der Waals surface area contributed by atoms with Gasteiger partial charge in [0.1, 0.15) is 5.75 Å². The van der Waals surface area contributed by atoms with Crippen LogP contribution in [0.15, 0.2) is 24.3 Å². The largest absolute Gasteiger partial charge is 0.494 e.